The molecule has 2 rings (SSSR count). The van der Waals surface area contributed by atoms with Crippen molar-refractivity contribution in [2.75, 3.05) is 39.8 Å². The van der Waals surface area contributed by atoms with Crippen molar-refractivity contribution >= 4 is 0 Å². The highest BCUT2D eigenvalue weighted by molar-refractivity contribution is 5.05. The van der Waals surface area contributed by atoms with Crippen LogP contribution in [0.25, 0.3) is 0 Å². The zero-order valence-corrected chi connectivity index (χ0v) is 12.7. The van der Waals surface area contributed by atoms with Gasteiger partial charge in [-0.3, -0.25) is 4.90 Å². The standard InChI is InChI=1S/C15H27N3O/c1-13-5-6-14(19-13)11-16-12-15(2,3)18-9-7-17(4)8-10-18/h5-6,16H,7-12H2,1-4H3. The maximum Gasteiger partial charge on any atom is 0.117 e. The first-order valence-electron chi connectivity index (χ1n) is 7.17. The van der Waals surface area contributed by atoms with Crippen LogP contribution in [0.4, 0.5) is 0 Å². The van der Waals surface area contributed by atoms with E-state index in [1.807, 2.05) is 19.1 Å². The Hall–Kier alpha value is -0.840. The topological polar surface area (TPSA) is 31.6 Å². The number of piperazine rings is 1. The van der Waals surface area contributed by atoms with Crippen LogP contribution in [-0.4, -0.2) is 55.1 Å². The Morgan fingerprint density at radius 2 is 1.89 bits per heavy atom. The summed E-state index contributed by atoms with van der Waals surface area (Å²) < 4.78 is 5.58. The summed E-state index contributed by atoms with van der Waals surface area (Å²) in [5.74, 6) is 2.00. The summed E-state index contributed by atoms with van der Waals surface area (Å²) in [5, 5.41) is 3.51. The van der Waals surface area contributed by atoms with E-state index in [0.29, 0.717) is 0 Å². The third-order valence-electron chi connectivity index (χ3n) is 4.01. The van der Waals surface area contributed by atoms with Gasteiger partial charge in [0.25, 0.3) is 0 Å². The molecular formula is C15H27N3O. The van der Waals surface area contributed by atoms with Crippen molar-refractivity contribution in [1.29, 1.82) is 0 Å². The molecule has 1 N–H and O–H groups in total. The quantitative estimate of drug-likeness (QED) is 0.878. The first-order chi connectivity index (χ1) is 8.97. The molecule has 0 aliphatic carbocycles. The maximum atomic E-state index is 5.58. The van der Waals surface area contributed by atoms with Gasteiger partial charge in [-0.25, -0.2) is 0 Å². The Kier molecular flexibility index (Phi) is 4.66. The van der Waals surface area contributed by atoms with Gasteiger partial charge in [0.05, 0.1) is 6.54 Å². The molecule has 2 heterocycles. The van der Waals surface area contributed by atoms with Crippen LogP contribution in [-0.2, 0) is 6.54 Å². The molecule has 1 aliphatic rings. The van der Waals surface area contributed by atoms with Crippen LogP contribution < -0.4 is 5.32 Å². The van der Waals surface area contributed by atoms with E-state index in [2.05, 4.69) is 36.0 Å². The maximum absolute atomic E-state index is 5.58. The van der Waals surface area contributed by atoms with Crippen LogP contribution in [0.1, 0.15) is 25.4 Å². The van der Waals surface area contributed by atoms with Gasteiger partial charge in [0, 0.05) is 38.3 Å². The van der Waals surface area contributed by atoms with E-state index in [-0.39, 0.29) is 5.54 Å². The Morgan fingerprint density at radius 3 is 2.47 bits per heavy atom. The third-order valence-corrected chi connectivity index (χ3v) is 4.01. The fourth-order valence-electron chi connectivity index (χ4n) is 2.60. The van der Waals surface area contributed by atoms with Gasteiger partial charge in [-0.15, -0.1) is 0 Å². The number of nitrogens with zero attached hydrogens (tertiary/aromatic N) is 2. The Labute approximate surface area is 116 Å². The molecule has 0 saturated carbocycles. The van der Waals surface area contributed by atoms with Gasteiger partial charge in [0.1, 0.15) is 11.5 Å². The van der Waals surface area contributed by atoms with Crippen molar-refractivity contribution in [3.05, 3.63) is 23.7 Å². The lowest BCUT2D eigenvalue weighted by molar-refractivity contribution is 0.0615. The molecule has 0 atom stereocenters. The predicted octanol–water partition coefficient (Wildman–Crippen LogP) is 1.70. The van der Waals surface area contributed by atoms with Gasteiger partial charge in [-0.1, -0.05) is 0 Å². The van der Waals surface area contributed by atoms with Crippen LogP contribution in [0.5, 0.6) is 0 Å². The molecule has 1 saturated heterocycles. The molecule has 0 amide bonds. The van der Waals surface area contributed by atoms with Crippen molar-refractivity contribution in [2.45, 2.75) is 32.9 Å². The number of nitrogens with one attached hydrogen (secondary N) is 1. The lowest BCUT2D eigenvalue weighted by atomic mass is 10.0. The first-order valence-corrected chi connectivity index (χ1v) is 7.17. The second-order valence-electron chi connectivity index (χ2n) is 6.22. The van der Waals surface area contributed by atoms with Crippen molar-refractivity contribution < 1.29 is 4.42 Å². The second-order valence-corrected chi connectivity index (χ2v) is 6.22. The molecule has 4 nitrogen and oxygen atoms in total. The van der Waals surface area contributed by atoms with Crippen LogP contribution in [0, 0.1) is 6.92 Å². The number of aryl methyl sites for hydroxylation is 1. The average molecular weight is 265 g/mol. The molecule has 0 aromatic carbocycles. The highest BCUT2D eigenvalue weighted by Gasteiger charge is 2.28. The third kappa shape index (κ3) is 4.06. The normalized spacial score (nSPS) is 18.9. The predicted molar refractivity (Wildman–Crippen MR) is 78.3 cm³/mol. The monoisotopic (exact) mass is 265 g/mol. The number of likely N-dealkylation sites (N-methyl/N-ethyl adjacent to an activating group) is 1. The van der Waals surface area contributed by atoms with Gasteiger partial charge in [0.15, 0.2) is 0 Å². The molecule has 4 heteroatoms. The summed E-state index contributed by atoms with van der Waals surface area (Å²) in [6.07, 6.45) is 0. The summed E-state index contributed by atoms with van der Waals surface area (Å²) in [5.41, 5.74) is 0.197. The molecule has 108 valence electrons. The number of rotatable bonds is 5. The van der Waals surface area contributed by atoms with E-state index >= 15 is 0 Å². The Bertz CT molecular complexity index is 392. The summed E-state index contributed by atoms with van der Waals surface area (Å²) in [4.78, 5) is 4.97. The van der Waals surface area contributed by atoms with Crippen molar-refractivity contribution in [1.82, 2.24) is 15.1 Å². The van der Waals surface area contributed by atoms with Crippen LogP contribution in [0.2, 0.25) is 0 Å². The Balaban J connectivity index is 1.77. The highest BCUT2D eigenvalue weighted by atomic mass is 16.3. The summed E-state index contributed by atoms with van der Waals surface area (Å²) >= 11 is 0. The van der Waals surface area contributed by atoms with E-state index < -0.39 is 0 Å². The molecule has 0 spiro atoms. The van der Waals surface area contributed by atoms with Gasteiger partial charge in [-0.05, 0) is 40.0 Å². The fourth-order valence-corrected chi connectivity index (χ4v) is 2.60. The zero-order chi connectivity index (χ0) is 13.9. The lowest BCUT2D eigenvalue weighted by Gasteiger charge is -2.43. The zero-order valence-electron chi connectivity index (χ0n) is 12.7. The molecule has 1 aromatic rings. The van der Waals surface area contributed by atoms with Gasteiger partial charge < -0.3 is 14.6 Å². The van der Waals surface area contributed by atoms with E-state index in [0.717, 1.165) is 37.7 Å². The van der Waals surface area contributed by atoms with Gasteiger partial charge in [0.2, 0.25) is 0 Å². The first kappa shape index (κ1) is 14.6. The molecule has 1 aliphatic heterocycles. The minimum absolute atomic E-state index is 0.197. The van der Waals surface area contributed by atoms with E-state index in [9.17, 15) is 0 Å². The van der Waals surface area contributed by atoms with Gasteiger partial charge in [-0.2, -0.15) is 0 Å². The minimum atomic E-state index is 0.197. The van der Waals surface area contributed by atoms with Crippen molar-refractivity contribution in [3.63, 3.8) is 0 Å². The fraction of sp³-hybridized carbons (Fsp3) is 0.733. The molecule has 0 bridgehead atoms. The van der Waals surface area contributed by atoms with E-state index in [1.54, 1.807) is 0 Å². The second kappa shape index (κ2) is 6.07. The molecule has 19 heavy (non-hydrogen) atoms. The summed E-state index contributed by atoms with van der Waals surface area (Å²) in [6, 6.07) is 4.06. The minimum Gasteiger partial charge on any atom is -0.465 e. The number of furan rings is 1. The highest BCUT2D eigenvalue weighted by Crippen LogP contribution is 2.16. The summed E-state index contributed by atoms with van der Waals surface area (Å²) in [6.45, 7) is 13.1. The molecule has 1 aromatic heterocycles. The SMILES string of the molecule is Cc1ccc(CNCC(C)(C)N2CCN(C)CC2)o1. The molecule has 0 radical (unpaired) electrons. The number of hydrogen-bond acceptors (Lipinski definition) is 4. The van der Waals surface area contributed by atoms with Crippen molar-refractivity contribution in [2.24, 2.45) is 0 Å². The largest absolute Gasteiger partial charge is 0.465 e. The van der Waals surface area contributed by atoms with Crippen molar-refractivity contribution in [3.8, 4) is 0 Å². The summed E-state index contributed by atoms with van der Waals surface area (Å²) in [7, 11) is 2.20. The van der Waals surface area contributed by atoms with Crippen LogP contribution in [0.3, 0.4) is 0 Å². The van der Waals surface area contributed by atoms with E-state index in [1.165, 1.54) is 13.1 Å². The number of hydrogen-bond donors (Lipinski definition) is 1. The van der Waals surface area contributed by atoms with Crippen LogP contribution >= 0.6 is 0 Å². The molecule has 0 unspecified atom stereocenters. The molecular weight excluding hydrogens is 238 g/mol. The van der Waals surface area contributed by atoms with E-state index in [4.69, 9.17) is 4.42 Å². The smallest absolute Gasteiger partial charge is 0.117 e. The van der Waals surface area contributed by atoms with Gasteiger partial charge >= 0.3 is 0 Å². The van der Waals surface area contributed by atoms with Crippen LogP contribution in [0.15, 0.2) is 16.5 Å². The average Bonchev–Trinajstić information content (AvgIpc) is 2.75. The molecule has 1 fully saturated rings. The Morgan fingerprint density at radius 1 is 1.21 bits per heavy atom. The lowest BCUT2D eigenvalue weighted by Crippen LogP contribution is -2.57.